The largest absolute Gasteiger partial charge is 0.352 e. The van der Waals surface area contributed by atoms with Crippen molar-refractivity contribution in [3.05, 3.63) is 64.7 Å². The smallest absolute Gasteiger partial charge is 0.244 e. The second-order valence-electron chi connectivity index (χ2n) is 8.31. The number of hydrogen-bond acceptors (Lipinski definition) is 4. The molecule has 1 atom stereocenters. The molecule has 0 aliphatic carbocycles. The number of carbonyl (C=O) groups excluding carboxylic acids is 2. The van der Waals surface area contributed by atoms with Gasteiger partial charge in [-0.2, -0.15) is 0 Å². The summed E-state index contributed by atoms with van der Waals surface area (Å²) >= 11 is 6.33. The van der Waals surface area contributed by atoms with Crippen molar-refractivity contribution in [1.29, 1.82) is 0 Å². The van der Waals surface area contributed by atoms with E-state index in [1.54, 1.807) is 42.5 Å². The van der Waals surface area contributed by atoms with E-state index >= 15 is 0 Å². The third kappa shape index (κ3) is 7.47. The summed E-state index contributed by atoms with van der Waals surface area (Å²) in [4.78, 5) is 27.9. The van der Waals surface area contributed by atoms with Crippen molar-refractivity contribution in [3.8, 4) is 0 Å². The molecular weight excluding hydrogens is 462 g/mol. The molecule has 0 bridgehead atoms. The third-order valence-corrected chi connectivity index (χ3v) is 6.59. The Hall–Kier alpha value is -2.58. The molecule has 0 aromatic heterocycles. The molecule has 0 unspecified atom stereocenters. The van der Waals surface area contributed by atoms with Crippen LogP contribution in [0, 0.1) is 6.92 Å². The van der Waals surface area contributed by atoms with Gasteiger partial charge in [0.05, 0.1) is 11.9 Å². The fraction of sp³-hybridized carbons (Fsp3) is 0.417. The number of benzene rings is 2. The number of rotatable bonds is 10. The average molecular weight is 494 g/mol. The lowest BCUT2D eigenvalue weighted by atomic mass is 10.1. The normalized spacial score (nSPS) is 12.3. The minimum Gasteiger partial charge on any atom is -0.352 e. The van der Waals surface area contributed by atoms with Crippen LogP contribution in [0.25, 0.3) is 0 Å². The minimum atomic E-state index is -3.76. The lowest BCUT2D eigenvalue weighted by Crippen LogP contribution is -2.53. The topological polar surface area (TPSA) is 86.8 Å². The van der Waals surface area contributed by atoms with Crippen molar-refractivity contribution in [2.75, 3.05) is 17.1 Å². The van der Waals surface area contributed by atoms with Gasteiger partial charge in [-0.05, 0) is 56.5 Å². The van der Waals surface area contributed by atoms with Crippen LogP contribution in [0.4, 0.5) is 5.69 Å². The molecular formula is C24H32ClN3O4S. The van der Waals surface area contributed by atoms with Gasteiger partial charge < -0.3 is 10.2 Å². The Morgan fingerprint density at radius 3 is 2.30 bits per heavy atom. The second-order valence-corrected chi connectivity index (χ2v) is 10.6. The van der Waals surface area contributed by atoms with Crippen molar-refractivity contribution < 1.29 is 18.0 Å². The van der Waals surface area contributed by atoms with Gasteiger partial charge in [-0.1, -0.05) is 48.9 Å². The van der Waals surface area contributed by atoms with Crippen molar-refractivity contribution in [2.24, 2.45) is 0 Å². The van der Waals surface area contributed by atoms with E-state index in [2.05, 4.69) is 5.32 Å². The van der Waals surface area contributed by atoms with Crippen LogP contribution in [-0.4, -0.2) is 50.0 Å². The van der Waals surface area contributed by atoms with Crippen LogP contribution in [0.2, 0.25) is 5.02 Å². The number of halogens is 1. The van der Waals surface area contributed by atoms with E-state index in [0.717, 1.165) is 16.1 Å². The zero-order chi connectivity index (χ0) is 24.8. The second kappa shape index (κ2) is 11.5. The van der Waals surface area contributed by atoms with Gasteiger partial charge in [0.1, 0.15) is 12.6 Å². The summed E-state index contributed by atoms with van der Waals surface area (Å²) in [6.07, 6.45) is 1.42. The highest BCUT2D eigenvalue weighted by atomic mass is 35.5. The van der Waals surface area contributed by atoms with Crippen LogP contribution in [-0.2, 0) is 26.2 Å². The van der Waals surface area contributed by atoms with E-state index in [-0.39, 0.29) is 18.5 Å². The van der Waals surface area contributed by atoms with Crippen molar-refractivity contribution in [2.45, 2.75) is 52.7 Å². The summed E-state index contributed by atoms with van der Waals surface area (Å²) in [5.74, 6) is -0.790. The van der Waals surface area contributed by atoms with Gasteiger partial charge in [0.2, 0.25) is 21.8 Å². The molecule has 0 aliphatic rings. The van der Waals surface area contributed by atoms with Gasteiger partial charge in [-0.15, -0.1) is 0 Å². The van der Waals surface area contributed by atoms with Crippen LogP contribution in [0.5, 0.6) is 0 Å². The number of carbonyl (C=O) groups is 2. The van der Waals surface area contributed by atoms with Crippen LogP contribution in [0.15, 0.2) is 48.5 Å². The van der Waals surface area contributed by atoms with Crippen LogP contribution < -0.4 is 9.62 Å². The van der Waals surface area contributed by atoms with Crippen molar-refractivity contribution in [1.82, 2.24) is 10.2 Å². The highest BCUT2D eigenvalue weighted by Gasteiger charge is 2.32. The first-order valence-corrected chi connectivity index (χ1v) is 13.0. The molecule has 9 heteroatoms. The predicted molar refractivity (Wildman–Crippen MR) is 133 cm³/mol. The number of sulfonamides is 1. The molecule has 7 nitrogen and oxygen atoms in total. The molecule has 2 aromatic rings. The summed E-state index contributed by atoms with van der Waals surface area (Å²) in [5.41, 5.74) is 1.93. The molecule has 180 valence electrons. The zero-order valence-corrected chi connectivity index (χ0v) is 21.3. The number of nitrogens with one attached hydrogen (secondary N) is 1. The van der Waals surface area contributed by atoms with Gasteiger partial charge in [0.15, 0.2) is 0 Å². The van der Waals surface area contributed by atoms with Gasteiger partial charge in [0.25, 0.3) is 0 Å². The van der Waals surface area contributed by atoms with E-state index in [9.17, 15) is 18.0 Å². The van der Waals surface area contributed by atoms with E-state index in [0.29, 0.717) is 22.7 Å². The lowest BCUT2D eigenvalue weighted by molar-refractivity contribution is -0.140. The predicted octanol–water partition coefficient (Wildman–Crippen LogP) is 3.75. The van der Waals surface area contributed by atoms with Gasteiger partial charge in [-0.3, -0.25) is 13.9 Å². The Bertz CT molecular complexity index is 1090. The van der Waals surface area contributed by atoms with Crippen molar-refractivity contribution in [3.63, 3.8) is 0 Å². The van der Waals surface area contributed by atoms with E-state index in [1.807, 2.05) is 33.8 Å². The van der Waals surface area contributed by atoms with Crippen LogP contribution >= 0.6 is 11.6 Å². The molecule has 0 spiro atoms. The highest BCUT2D eigenvalue weighted by molar-refractivity contribution is 7.92. The zero-order valence-electron chi connectivity index (χ0n) is 19.7. The Kier molecular flexibility index (Phi) is 9.31. The SMILES string of the molecule is CC[C@H](C(=O)NC(C)C)N(Cc1ccccc1Cl)C(=O)CN(c1cccc(C)c1)S(C)(=O)=O. The minimum absolute atomic E-state index is 0.0773. The van der Waals surface area contributed by atoms with E-state index in [4.69, 9.17) is 11.6 Å². The number of aryl methyl sites for hydroxylation is 1. The van der Waals surface area contributed by atoms with Gasteiger partial charge >= 0.3 is 0 Å². The fourth-order valence-electron chi connectivity index (χ4n) is 3.51. The molecule has 2 amide bonds. The summed E-state index contributed by atoms with van der Waals surface area (Å²) < 4.78 is 26.2. The number of nitrogens with zero attached hydrogens (tertiary/aromatic N) is 2. The lowest BCUT2D eigenvalue weighted by Gasteiger charge is -2.33. The molecule has 2 aromatic carbocycles. The van der Waals surface area contributed by atoms with Crippen LogP contribution in [0.1, 0.15) is 38.3 Å². The summed E-state index contributed by atoms with van der Waals surface area (Å²) in [5, 5.41) is 3.32. The van der Waals surface area contributed by atoms with E-state index in [1.165, 1.54) is 4.90 Å². The Morgan fingerprint density at radius 2 is 1.76 bits per heavy atom. The van der Waals surface area contributed by atoms with Crippen LogP contribution in [0.3, 0.4) is 0 Å². The number of anilines is 1. The highest BCUT2D eigenvalue weighted by Crippen LogP contribution is 2.22. The molecule has 0 fully saturated rings. The first-order chi connectivity index (χ1) is 15.4. The molecule has 0 saturated carbocycles. The Labute approximate surface area is 201 Å². The monoisotopic (exact) mass is 493 g/mol. The van der Waals surface area contributed by atoms with E-state index < -0.39 is 28.5 Å². The third-order valence-electron chi connectivity index (χ3n) is 5.08. The number of hydrogen-bond donors (Lipinski definition) is 1. The molecule has 33 heavy (non-hydrogen) atoms. The molecule has 1 N–H and O–H groups in total. The summed E-state index contributed by atoms with van der Waals surface area (Å²) in [7, 11) is -3.76. The maximum absolute atomic E-state index is 13.6. The quantitative estimate of drug-likeness (QED) is 0.546. The first-order valence-electron chi connectivity index (χ1n) is 10.8. The summed E-state index contributed by atoms with van der Waals surface area (Å²) in [6, 6.07) is 13.1. The Morgan fingerprint density at radius 1 is 1.09 bits per heavy atom. The average Bonchev–Trinajstić information content (AvgIpc) is 2.71. The first kappa shape index (κ1) is 26.7. The number of amides is 2. The van der Waals surface area contributed by atoms with Gasteiger partial charge in [-0.25, -0.2) is 8.42 Å². The standard InChI is InChI=1S/C24H32ClN3O4S/c1-6-22(24(30)26-17(2)3)27(15-19-11-7-8-13-21(19)25)23(29)16-28(33(5,31)32)20-12-9-10-18(4)14-20/h7-14,17,22H,6,15-16H2,1-5H3,(H,26,30)/t22-/m1/s1. The fourth-order valence-corrected chi connectivity index (χ4v) is 4.54. The van der Waals surface area contributed by atoms with Gasteiger partial charge in [0, 0.05) is 17.6 Å². The Balaban J connectivity index is 2.46. The molecule has 2 rings (SSSR count). The van der Waals surface area contributed by atoms with Crippen molar-refractivity contribution >= 4 is 39.1 Å². The maximum atomic E-state index is 13.6. The molecule has 0 saturated heterocycles. The maximum Gasteiger partial charge on any atom is 0.244 e. The molecule has 0 radical (unpaired) electrons. The molecule has 0 aliphatic heterocycles. The summed E-state index contributed by atoms with van der Waals surface area (Å²) in [6.45, 7) is 6.99. The molecule has 0 heterocycles.